The van der Waals surface area contributed by atoms with Crippen molar-refractivity contribution < 1.29 is 19.6 Å². The molecule has 0 heterocycles. The molecule has 2 rings (SSSR count). The Labute approximate surface area is 139 Å². The van der Waals surface area contributed by atoms with Crippen LogP contribution in [0.15, 0.2) is 24.3 Å². The van der Waals surface area contributed by atoms with Crippen LogP contribution in [0, 0.1) is 10.1 Å². The average molecular weight is 342 g/mol. The van der Waals surface area contributed by atoms with E-state index in [-0.39, 0.29) is 6.42 Å². The zero-order valence-corrected chi connectivity index (χ0v) is 14.0. The van der Waals surface area contributed by atoms with Crippen LogP contribution in [0.2, 0.25) is 5.02 Å². The third kappa shape index (κ3) is 3.64. The van der Waals surface area contributed by atoms with Gasteiger partial charge in [0.15, 0.2) is 0 Å². The van der Waals surface area contributed by atoms with Gasteiger partial charge in [0.2, 0.25) is 5.60 Å². The third-order valence-electron chi connectivity index (χ3n) is 3.98. The fraction of sp³-hybridized carbons (Fsp3) is 0.562. The molecule has 0 amide bonds. The van der Waals surface area contributed by atoms with E-state index in [2.05, 4.69) is 0 Å². The lowest BCUT2D eigenvalue weighted by Crippen LogP contribution is -2.53. The monoisotopic (exact) mass is 341 g/mol. The zero-order valence-electron chi connectivity index (χ0n) is 13.3. The first-order valence-electron chi connectivity index (χ1n) is 7.39. The molecule has 1 aromatic rings. The van der Waals surface area contributed by atoms with E-state index < -0.39 is 34.1 Å². The number of rotatable bonds is 3. The quantitative estimate of drug-likeness (QED) is 0.518. The molecule has 6 nitrogen and oxygen atoms in total. The number of esters is 1. The number of nitro groups is 1. The van der Waals surface area contributed by atoms with Gasteiger partial charge in [-0.1, -0.05) is 23.7 Å². The van der Waals surface area contributed by atoms with Crippen LogP contribution in [-0.2, 0) is 9.53 Å². The summed E-state index contributed by atoms with van der Waals surface area (Å²) in [6, 6.07) is 5.20. The molecule has 126 valence electrons. The highest BCUT2D eigenvalue weighted by Crippen LogP contribution is 2.44. The van der Waals surface area contributed by atoms with Crippen LogP contribution in [0.5, 0.6) is 0 Å². The van der Waals surface area contributed by atoms with Gasteiger partial charge in [-0.2, -0.15) is 0 Å². The lowest BCUT2D eigenvalue weighted by atomic mass is 9.89. The Balaban J connectivity index is 2.34. The minimum Gasteiger partial charge on any atom is -0.458 e. The van der Waals surface area contributed by atoms with E-state index in [1.54, 1.807) is 45.0 Å². The van der Waals surface area contributed by atoms with Gasteiger partial charge in [0.1, 0.15) is 5.60 Å². The van der Waals surface area contributed by atoms with E-state index >= 15 is 0 Å². The summed E-state index contributed by atoms with van der Waals surface area (Å²) in [6.07, 6.45) is 0.309. The highest BCUT2D eigenvalue weighted by atomic mass is 35.5. The fourth-order valence-electron chi connectivity index (χ4n) is 2.98. The second-order valence-corrected chi connectivity index (χ2v) is 7.29. The van der Waals surface area contributed by atoms with Crippen molar-refractivity contribution in [2.45, 2.75) is 56.8 Å². The molecule has 0 spiro atoms. The zero-order chi connectivity index (χ0) is 17.4. The standard InChI is InChI=1S/C16H20ClNO5/c1-15(2,3)23-14(19)16(20)9-8-12(13(16)18(21)22)10-4-6-11(17)7-5-10/h4-7,12-13,20H,8-9H2,1-3H3/t12-,13-,16-/m0/s1. The normalized spacial score (nSPS) is 27.7. The van der Waals surface area contributed by atoms with Crippen LogP contribution >= 0.6 is 11.6 Å². The Kier molecular flexibility index (Phi) is 4.69. The van der Waals surface area contributed by atoms with E-state index in [9.17, 15) is 20.0 Å². The van der Waals surface area contributed by atoms with Crippen LogP contribution in [0.1, 0.15) is 45.1 Å². The molecule has 1 fully saturated rings. The molecule has 1 aliphatic carbocycles. The maximum atomic E-state index is 12.3. The van der Waals surface area contributed by atoms with Gasteiger partial charge in [-0.25, -0.2) is 4.79 Å². The number of carbonyl (C=O) groups excluding carboxylic acids is 1. The predicted octanol–water partition coefficient (Wildman–Crippen LogP) is 2.94. The molecule has 23 heavy (non-hydrogen) atoms. The summed E-state index contributed by atoms with van der Waals surface area (Å²) in [7, 11) is 0. The third-order valence-corrected chi connectivity index (χ3v) is 4.24. The van der Waals surface area contributed by atoms with Crippen molar-refractivity contribution in [2.24, 2.45) is 0 Å². The van der Waals surface area contributed by atoms with Crippen molar-refractivity contribution in [2.75, 3.05) is 0 Å². The first-order chi connectivity index (χ1) is 10.5. The minimum atomic E-state index is -2.12. The molecule has 1 aliphatic rings. The van der Waals surface area contributed by atoms with Crippen LogP contribution in [0.25, 0.3) is 0 Å². The maximum Gasteiger partial charge on any atom is 0.346 e. The van der Waals surface area contributed by atoms with Gasteiger partial charge in [0.05, 0.1) is 5.92 Å². The Hall–Kier alpha value is -1.66. The summed E-state index contributed by atoms with van der Waals surface area (Å²) in [5.74, 6) is -1.51. The summed E-state index contributed by atoms with van der Waals surface area (Å²) in [4.78, 5) is 23.3. The Morgan fingerprint density at radius 1 is 1.39 bits per heavy atom. The first-order valence-corrected chi connectivity index (χ1v) is 7.77. The van der Waals surface area contributed by atoms with Crippen molar-refractivity contribution in [1.82, 2.24) is 0 Å². The molecule has 7 heteroatoms. The smallest absolute Gasteiger partial charge is 0.346 e. The van der Waals surface area contributed by atoms with Crippen molar-refractivity contribution >= 4 is 17.6 Å². The minimum absolute atomic E-state index is 0.0130. The molecule has 0 unspecified atom stereocenters. The number of nitrogens with zero attached hydrogens (tertiary/aromatic N) is 1. The van der Waals surface area contributed by atoms with E-state index in [1.807, 2.05) is 0 Å². The molecule has 1 aromatic carbocycles. The molecular weight excluding hydrogens is 322 g/mol. The summed E-state index contributed by atoms with van der Waals surface area (Å²) in [5, 5.41) is 22.8. The Bertz CT molecular complexity index is 610. The summed E-state index contributed by atoms with van der Waals surface area (Å²) in [5.41, 5.74) is -2.27. The predicted molar refractivity (Wildman–Crippen MR) is 85.0 cm³/mol. The lowest BCUT2D eigenvalue weighted by Gasteiger charge is -2.28. The molecule has 0 saturated heterocycles. The van der Waals surface area contributed by atoms with Gasteiger partial charge >= 0.3 is 5.97 Å². The van der Waals surface area contributed by atoms with Crippen LogP contribution in [-0.4, -0.2) is 33.2 Å². The van der Waals surface area contributed by atoms with Crippen molar-refractivity contribution in [3.63, 3.8) is 0 Å². The second-order valence-electron chi connectivity index (χ2n) is 6.85. The highest BCUT2D eigenvalue weighted by molar-refractivity contribution is 6.30. The van der Waals surface area contributed by atoms with Gasteiger partial charge in [0.25, 0.3) is 6.04 Å². The van der Waals surface area contributed by atoms with Gasteiger partial charge < -0.3 is 9.84 Å². The van der Waals surface area contributed by atoms with Crippen LogP contribution < -0.4 is 0 Å². The van der Waals surface area contributed by atoms with Crippen molar-refractivity contribution in [1.29, 1.82) is 0 Å². The Morgan fingerprint density at radius 3 is 2.43 bits per heavy atom. The number of hydrogen-bond donors (Lipinski definition) is 1. The largest absolute Gasteiger partial charge is 0.458 e. The van der Waals surface area contributed by atoms with Crippen molar-refractivity contribution in [3.8, 4) is 0 Å². The molecule has 3 atom stereocenters. The SMILES string of the molecule is CC(C)(C)OC(=O)[C@]1(O)CC[C@@H](c2ccc(Cl)cc2)[C@@H]1[N+](=O)[O-]. The van der Waals surface area contributed by atoms with Gasteiger partial charge in [-0.05, 0) is 51.3 Å². The molecular formula is C16H20ClNO5. The summed E-state index contributed by atoms with van der Waals surface area (Å²) >= 11 is 5.84. The van der Waals surface area contributed by atoms with E-state index in [0.717, 1.165) is 0 Å². The summed E-state index contributed by atoms with van der Waals surface area (Å²) < 4.78 is 5.19. The van der Waals surface area contributed by atoms with Crippen molar-refractivity contribution in [3.05, 3.63) is 45.0 Å². The van der Waals surface area contributed by atoms with E-state index in [4.69, 9.17) is 16.3 Å². The topological polar surface area (TPSA) is 89.7 Å². The number of halogens is 1. The molecule has 0 aromatic heterocycles. The van der Waals surface area contributed by atoms with Gasteiger partial charge in [-0.3, -0.25) is 10.1 Å². The highest BCUT2D eigenvalue weighted by Gasteiger charge is 2.62. The molecule has 1 saturated carbocycles. The molecule has 0 aliphatic heterocycles. The van der Waals surface area contributed by atoms with Crippen LogP contribution in [0.3, 0.4) is 0 Å². The van der Waals surface area contributed by atoms with Crippen LogP contribution in [0.4, 0.5) is 0 Å². The average Bonchev–Trinajstić information content (AvgIpc) is 2.77. The molecule has 1 N–H and O–H groups in total. The fourth-order valence-corrected chi connectivity index (χ4v) is 3.11. The number of carbonyl (C=O) groups is 1. The van der Waals surface area contributed by atoms with Gasteiger partial charge in [0, 0.05) is 9.95 Å². The number of aliphatic hydroxyl groups is 1. The Morgan fingerprint density at radius 2 is 1.96 bits per heavy atom. The number of hydrogen-bond acceptors (Lipinski definition) is 5. The number of ether oxygens (including phenoxy) is 1. The summed E-state index contributed by atoms with van der Waals surface area (Å²) in [6.45, 7) is 4.96. The lowest BCUT2D eigenvalue weighted by molar-refractivity contribution is -0.541. The molecule has 0 bridgehead atoms. The van der Waals surface area contributed by atoms with E-state index in [1.165, 1.54) is 0 Å². The maximum absolute atomic E-state index is 12.3. The van der Waals surface area contributed by atoms with Gasteiger partial charge in [-0.15, -0.1) is 0 Å². The number of benzene rings is 1. The van der Waals surface area contributed by atoms with E-state index in [0.29, 0.717) is 17.0 Å². The first kappa shape index (κ1) is 17.7. The molecule has 0 radical (unpaired) electrons. The second kappa shape index (κ2) is 6.09.